The van der Waals surface area contributed by atoms with Gasteiger partial charge in [-0.15, -0.1) is 0 Å². The summed E-state index contributed by atoms with van der Waals surface area (Å²) in [6, 6.07) is 14.5. The molecule has 0 radical (unpaired) electrons. The zero-order valence-electron chi connectivity index (χ0n) is 13.6. The van der Waals surface area contributed by atoms with Crippen molar-refractivity contribution >= 4 is 25.8 Å². The maximum absolute atomic E-state index is 13.1. The molecule has 0 heterocycles. The molecule has 2 aromatic carbocycles. The van der Waals surface area contributed by atoms with E-state index in [0.717, 1.165) is 15.6 Å². The van der Waals surface area contributed by atoms with Gasteiger partial charge in [0.2, 0.25) is 0 Å². The third-order valence-electron chi connectivity index (χ3n) is 4.61. The fourth-order valence-electron chi connectivity index (χ4n) is 3.34. The van der Waals surface area contributed by atoms with Gasteiger partial charge < -0.3 is 10.5 Å². The Balaban J connectivity index is 2.01. The van der Waals surface area contributed by atoms with Crippen LogP contribution in [0.15, 0.2) is 57.9 Å². The van der Waals surface area contributed by atoms with Gasteiger partial charge in [0, 0.05) is 17.5 Å². The zero-order valence-corrected chi connectivity index (χ0v) is 16.0. The van der Waals surface area contributed by atoms with Gasteiger partial charge >= 0.3 is 0 Å². The molecular formula is C18H20BrNO3S. The minimum absolute atomic E-state index is 0.198. The van der Waals surface area contributed by atoms with Crippen molar-refractivity contribution in [2.24, 2.45) is 5.73 Å². The van der Waals surface area contributed by atoms with E-state index in [1.807, 2.05) is 31.2 Å². The first-order chi connectivity index (χ1) is 11.3. The molecule has 0 aliphatic heterocycles. The van der Waals surface area contributed by atoms with Gasteiger partial charge in [0.15, 0.2) is 9.84 Å². The summed E-state index contributed by atoms with van der Waals surface area (Å²) in [5, 5.41) is -0.686. The first-order valence-electron chi connectivity index (χ1n) is 7.64. The van der Waals surface area contributed by atoms with Crippen LogP contribution in [-0.2, 0) is 14.6 Å². The average Bonchev–Trinajstić information content (AvgIpc) is 3.15. The number of halogens is 1. The van der Waals surface area contributed by atoms with Crippen LogP contribution >= 0.6 is 15.9 Å². The fraction of sp³-hybridized carbons (Fsp3) is 0.333. The van der Waals surface area contributed by atoms with E-state index < -0.39 is 20.6 Å². The Kier molecular flexibility index (Phi) is 4.59. The van der Waals surface area contributed by atoms with E-state index in [2.05, 4.69) is 15.9 Å². The second-order valence-electron chi connectivity index (χ2n) is 6.35. The lowest BCUT2D eigenvalue weighted by Gasteiger charge is -2.11. The fourth-order valence-corrected chi connectivity index (χ4v) is 5.90. The van der Waals surface area contributed by atoms with Crippen molar-refractivity contribution in [2.75, 3.05) is 13.7 Å². The van der Waals surface area contributed by atoms with E-state index in [1.165, 1.54) is 0 Å². The summed E-state index contributed by atoms with van der Waals surface area (Å²) in [4.78, 5) is 0.309. The van der Waals surface area contributed by atoms with Crippen LogP contribution in [0.1, 0.15) is 17.0 Å². The molecule has 1 aliphatic carbocycles. The Bertz CT molecular complexity index is 834. The SMILES string of the molecule is COCC1(N)C(c2ccc(Br)cc2)C1S(=O)(=O)c1ccc(C)cc1. The van der Waals surface area contributed by atoms with E-state index in [-0.39, 0.29) is 12.5 Å². The van der Waals surface area contributed by atoms with Crippen molar-refractivity contribution < 1.29 is 13.2 Å². The summed E-state index contributed by atoms with van der Waals surface area (Å²) >= 11 is 3.40. The zero-order chi connectivity index (χ0) is 17.5. The highest BCUT2D eigenvalue weighted by Gasteiger charge is 2.69. The maximum atomic E-state index is 13.1. The largest absolute Gasteiger partial charge is 0.383 e. The summed E-state index contributed by atoms with van der Waals surface area (Å²) in [6.45, 7) is 2.12. The van der Waals surface area contributed by atoms with Crippen LogP contribution in [0.3, 0.4) is 0 Å². The number of sulfone groups is 1. The van der Waals surface area contributed by atoms with Gasteiger partial charge in [-0.1, -0.05) is 45.8 Å². The number of ether oxygens (including phenoxy) is 1. The Hall–Kier alpha value is -1.21. The number of rotatable bonds is 5. The molecule has 1 fully saturated rings. The molecule has 128 valence electrons. The molecule has 24 heavy (non-hydrogen) atoms. The first-order valence-corrected chi connectivity index (χ1v) is 9.98. The molecular weight excluding hydrogens is 390 g/mol. The van der Waals surface area contributed by atoms with Crippen LogP contribution in [0.5, 0.6) is 0 Å². The maximum Gasteiger partial charge on any atom is 0.183 e. The van der Waals surface area contributed by atoms with E-state index >= 15 is 0 Å². The minimum atomic E-state index is -3.54. The van der Waals surface area contributed by atoms with Crippen molar-refractivity contribution in [3.8, 4) is 0 Å². The standard InChI is InChI=1S/C18H20BrNO3S/c1-12-3-9-15(10-4-12)24(21,22)17-16(18(17,20)11-23-2)13-5-7-14(19)8-6-13/h3-10,16-17H,11,20H2,1-2H3. The Morgan fingerprint density at radius 2 is 1.71 bits per heavy atom. The third-order valence-corrected chi connectivity index (χ3v) is 7.45. The molecule has 6 heteroatoms. The second kappa shape index (κ2) is 6.26. The van der Waals surface area contributed by atoms with Crippen molar-refractivity contribution in [1.29, 1.82) is 0 Å². The minimum Gasteiger partial charge on any atom is -0.383 e. The summed E-state index contributed by atoms with van der Waals surface area (Å²) in [5.74, 6) is -0.281. The summed E-state index contributed by atoms with van der Waals surface area (Å²) in [5.41, 5.74) is 7.48. The van der Waals surface area contributed by atoms with Gasteiger partial charge in [-0.2, -0.15) is 0 Å². The van der Waals surface area contributed by atoms with Crippen LogP contribution in [0.25, 0.3) is 0 Å². The number of nitrogens with two attached hydrogens (primary N) is 1. The number of methoxy groups -OCH3 is 1. The molecule has 3 unspecified atom stereocenters. The monoisotopic (exact) mass is 409 g/mol. The van der Waals surface area contributed by atoms with Crippen LogP contribution in [0, 0.1) is 6.92 Å². The molecule has 2 aromatic rings. The van der Waals surface area contributed by atoms with Crippen molar-refractivity contribution in [3.05, 3.63) is 64.1 Å². The average molecular weight is 410 g/mol. The van der Waals surface area contributed by atoms with E-state index in [9.17, 15) is 8.42 Å². The molecule has 2 N–H and O–H groups in total. The highest BCUT2D eigenvalue weighted by atomic mass is 79.9. The molecule has 4 nitrogen and oxygen atoms in total. The number of benzene rings is 2. The van der Waals surface area contributed by atoms with Crippen LogP contribution in [0.4, 0.5) is 0 Å². The smallest absolute Gasteiger partial charge is 0.183 e. The topological polar surface area (TPSA) is 69.4 Å². The van der Waals surface area contributed by atoms with Gasteiger partial charge in [0.05, 0.1) is 22.3 Å². The number of aryl methyl sites for hydroxylation is 1. The summed E-state index contributed by atoms with van der Waals surface area (Å²) < 4.78 is 32.4. The summed E-state index contributed by atoms with van der Waals surface area (Å²) in [7, 11) is -1.99. The molecule has 1 saturated carbocycles. The van der Waals surface area contributed by atoms with Gasteiger partial charge in [-0.25, -0.2) is 8.42 Å². The first kappa shape index (κ1) is 17.6. The lowest BCUT2D eigenvalue weighted by molar-refractivity contribution is 0.171. The van der Waals surface area contributed by atoms with Gasteiger partial charge in [0.25, 0.3) is 0 Å². The molecule has 3 atom stereocenters. The van der Waals surface area contributed by atoms with E-state index in [0.29, 0.717) is 4.90 Å². The van der Waals surface area contributed by atoms with Crippen molar-refractivity contribution in [3.63, 3.8) is 0 Å². The quantitative estimate of drug-likeness (QED) is 0.823. The Morgan fingerprint density at radius 3 is 2.25 bits per heavy atom. The van der Waals surface area contributed by atoms with Gasteiger partial charge in [0.1, 0.15) is 0 Å². The van der Waals surface area contributed by atoms with Crippen LogP contribution in [-0.4, -0.2) is 32.9 Å². The predicted octanol–water partition coefficient (Wildman–Crippen LogP) is 3.04. The molecule has 0 spiro atoms. The number of hydrogen-bond acceptors (Lipinski definition) is 4. The molecule has 0 bridgehead atoms. The van der Waals surface area contributed by atoms with Crippen LogP contribution in [0.2, 0.25) is 0 Å². The Morgan fingerprint density at radius 1 is 1.12 bits per heavy atom. The lowest BCUT2D eigenvalue weighted by Crippen LogP contribution is -2.35. The normalized spacial score (nSPS) is 26.3. The highest BCUT2D eigenvalue weighted by molar-refractivity contribution is 9.10. The predicted molar refractivity (Wildman–Crippen MR) is 97.8 cm³/mol. The van der Waals surface area contributed by atoms with Gasteiger partial charge in [-0.3, -0.25) is 0 Å². The molecule has 3 rings (SSSR count). The third kappa shape index (κ3) is 2.92. The number of hydrogen-bond donors (Lipinski definition) is 1. The van der Waals surface area contributed by atoms with Crippen molar-refractivity contribution in [1.82, 2.24) is 0 Å². The lowest BCUT2D eigenvalue weighted by atomic mass is 10.1. The molecule has 0 amide bonds. The Labute approximate surface area is 151 Å². The van der Waals surface area contributed by atoms with E-state index in [4.69, 9.17) is 10.5 Å². The van der Waals surface area contributed by atoms with Gasteiger partial charge in [-0.05, 0) is 36.8 Å². The van der Waals surface area contributed by atoms with E-state index in [1.54, 1.807) is 31.4 Å². The summed E-state index contributed by atoms with van der Waals surface area (Å²) in [6.07, 6.45) is 0. The molecule has 0 saturated heterocycles. The highest BCUT2D eigenvalue weighted by Crippen LogP contribution is 2.55. The van der Waals surface area contributed by atoms with Crippen molar-refractivity contribution in [2.45, 2.75) is 28.5 Å². The van der Waals surface area contributed by atoms with Crippen LogP contribution < -0.4 is 5.73 Å². The molecule has 0 aromatic heterocycles. The molecule has 1 aliphatic rings. The second-order valence-corrected chi connectivity index (χ2v) is 9.34.